The van der Waals surface area contributed by atoms with Gasteiger partial charge in [0, 0.05) is 40.8 Å². The molecule has 0 bridgehead atoms. The molecule has 5 rings (SSSR count). The third-order valence-electron chi connectivity index (χ3n) is 8.39. The minimum absolute atomic E-state index is 0. The maximum Gasteiger partial charge on any atom is 0.355 e. The van der Waals surface area contributed by atoms with Crippen LogP contribution >= 0.6 is 39.9 Å². The third kappa shape index (κ3) is 7.64. The van der Waals surface area contributed by atoms with Gasteiger partial charge in [-0.2, -0.15) is 5.10 Å². The number of nitrogens with one attached hydrogen (secondary N) is 1. The Labute approximate surface area is 295 Å². The van der Waals surface area contributed by atoms with Gasteiger partial charge in [-0.25, -0.2) is 9.18 Å². The molecular formula is C36H42BrCl2FN4O3. The molecule has 2 heterocycles. The normalized spacial score (nSPS) is 11.3. The van der Waals surface area contributed by atoms with Gasteiger partial charge in [-0.1, -0.05) is 52.7 Å². The Morgan fingerprint density at radius 3 is 2.57 bits per heavy atom. The van der Waals surface area contributed by atoms with Crippen LogP contribution in [0.5, 0.6) is 5.75 Å². The molecule has 0 aliphatic carbocycles. The van der Waals surface area contributed by atoms with E-state index in [-0.39, 0.29) is 30.8 Å². The second-order valence-corrected chi connectivity index (χ2v) is 12.2. The lowest BCUT2D eigenvalue weighted by Gasteiger charge is -2.15. The molecule has 0 saturated carbocycles. The number of alkyl halides is 1. The van der Waals surface area contributed by atoms with Gasteiger partial charge in [-0.05, 0) is 93.9 Å². The fraction of sp³-hybridized carbons (Fsp3) is 0.389. The number of rotatable bonds is 15. The molecule has 0 spiro atoms. The second kappa shape index (κ2) is 16.8. The van der Waals surface area contributed by atoms with Crippen LogP contribution in [0.15, 0.2) is 48.5 Å². The smallest absolute Gasteiger partial charge is 0.355 e. The standard InChI is InChI=1S/C36H41BrClFN4O3.ClH/c1-5-29-33(30(22-37)42(4)41-29)32-28(38)17-16-27-26(35(36(44)45-6-2)43(34(27)32)19-8-7-18-40-3)12-10-20-46-31-13-9-11-23-21-24(39)14-15-25(23)31;/h9,11,13-17,21,40H,5-8,10,12,18-20,22H2,1-4H3;1H. The Kier molecular flexibility index (Phi) is 13.1. The Morgan fingerprint density at radius 1 is 1.06 bits per heavy atom. The van der Waals surface area contributed by atoms with E-state index in [4.69, 9.17) is 26.2 Å². The number of esters is 1. The summed E-state index contributed by atoms with van der Waals surface area (Å²) in [5.41, 5.74) is 6.29. The van der Waals surface area contributed by atoms with Gasteiger partial charge in [0.05, 0.1) is 35.1 Å². The van der Waals surface area contributed by atoms with Crippen LogP contribution in [0.1, 0.15) is 60.5 Å². The predicted octanol–water partition coefficient (Wildman–Crippen LogP) is 9.05. The molecule has 7 nitrogen and oxygen atoms in total. The van der Waals surface area contributed by atoms with Crippen LogP contribution in [-0.4, -0.2) is 47.1 Å². The number of aryl methyl sites for hydroxylation is 4. The Morgan fingerprint density at radius 2 is 1.85 bits per heavy atom. The van der Waals surface area contributed by atoms with Crippen molar-refractivity contribution in [2.24, 2.45) is 7.05 Å². The molecule has 1 N–H and O–H groups in total. The molecule has 5 aromatic rings. The molecule has 3 aromatic carbocycles. The van der Waals surface area contributed by atoms with Gasteiger partial charge in [0.2, 0.25) is 0 Å². The lowest BCUT2D eigenvalue weighted by atomic mass is 9.97. The minimum atomic E-state index is -0.344. The average Bonchev–Trinajstić information content (AvgIpc) is 3.54. The van der Waals surface area contributed by atoms with E-state index in [0.29, 0.717) is 47.8 Å². The number of halogens is 4. The molecule has 0 aliphatic heterocycles. The highest BCUT2D eigenvalue weighted by Gasteiger charge is 2.29. The highest BCUT2D eigenvalue weighted by atomic mass is 79.9. The summed E-state index contributed by atoms with van der Waals surface area (Å²) in [5.74, 6) is 0.0812. The molecule has 0 radical (unpaired) electrons. The van der Waals surface area contributed by atoms with Crippen molar-refractivity contribution in [1.29, 1.82) is 0 Å². The number of unbranched alkanes of at least 4 members (excludes halogenated alkanes) is 1. The van der Waals surface area contributed by atoms with Gasteiger partial charge >= 0.3 is 5.97 Å². The third-order valence-corrected chi connectivity index (χ3v) is 9.23. The van der Waals surface area contributed by atoms with E-state index in [9.17, 15) is 9.18 Å². The van der Waals surface area contributed by atoms with Gasteiger partial charge in [0.1, 0.15) is 17.3 Å². The first-order valence-electron chi connectivity index (χ1n) is 15.9. The first-order valence-corrected chi connectivity index (χ1v) is 17.4. The fourth-order valence-corrected chi connectivity index (χ4v) is 7.19. The number of carbonyl (C=O) groups is 1. The summed E-state index contributed by atoms with van der Waals surface area (Å²) in [5, 5.41) is 11.9. The first kappa shape index (κ1) is 36.7. The summed E-state index contributed by atoms with van der Waals surface area (Å²) in [6.07, 6.45) is 3.80. The predicted molar refractivity (Wildman–Crippen MR) is 195 cm³/mol. The maximum absolute atomic E-state index is 13.8. The molecule has 0 amide bonds. The van der Waals surface area contributed by atoms with Gasteiger partial charge in [-0.3, -0.25) is 4.68 Å². The van der Waals surface area contributed by atoms with E-state index in [1.165, 1.54) is 12.1 Å². The molecule has 0 fully saturated rings. The lowest BCUT2D eigenvalue weighted by Crippen LogP contribution is -2.16. The molecular weight excluding hydrogens is 706 g/mol. The van der Waals surface area contributed by atoms with Crippen LogP contribution in [-0.2, 0) is 36.5 Å². The SMILES string of the molecule is CCOC(=O)c1c(CCCOc2cccc3cc(F)ccc23)c2ccc(Cl)c(-c3c(CC)nn(C)c3CBr)c2n1CCCCNC.Cl. The zero-order chi connectivity index (χ0) is 32.8. The van der Waals surface area contributed by atoms with Crippen LogP contribution < -0.4 is 10.1 Å². The fourth-order valence-electron chi connectivity index (χ4n) is 6.30. The summed E-state index contributed by atoms with van der Waals surface area (Å²) < 4.78 is 29.8. The molecule has 0 saturated heterocycles. The van der Waals surface area contributed by atoms with Crippen molar-refractivity contribution in [1.82, 2.24) is 19.7 Å². The number of carbonyl (C=O) groups excluding carboxylic acids is 1. The van der Waals surface area contributed by atoms with E-state index >= 15 is 0 Å². The second-order valence-electron chi connectivity index (χ2n) is 11.3. The Bertz CT molecular complexity index is 1860. The van der Waals surface area contributed by atoms with Crippen molar-refractivity contribution in [3.05, 3.63) is 82.0 Å². The van der Waals surface area contributed by atoms with E-state index in [0.717, 1.165) is 75.6 Å². The van der Waals surface area contributed by atoms with Crippen molar-refractivity contribution >= 4 is 67.6 Å². The van der Waals surface area contributed by atoms with Crippen LogP contribution in [0.4, 0.5) is 4.39 Å². The Balaban J connectivity index is 0.00000500. The van der Waals surface area contributed by atoms with Gasteiger partial charge in [0.15, 0.2) is 0 Å². The van der Waals surface area contributed by atoms with Gasteiger partial charge in [-0.15, -0.1) is 12.4 Å². The quantitative estimate of drug-likeness (QED) is 0.0658. The van der Waals surface area contributed by atoms with E-state index in [1.54, 1.807) is 6.07 Å². The van der Waals surface area contributed by atoms with Gasteiger partial charge < -0.3 is 19.4 Å². The average molecular weight is 749 g/mol. The zero-order valence-corrected chi connectivity index (χ0v) is 30.5. The van der Waals surface area contributed by atoms with Crippen molar-refractivity contribution < 1.29 is 18.7 Å². The molecule has 0 unspecified atom stereocenters. The minimum Gasteiger partial charge on any atom is -0.493 e. The molecule has 0 atom stereocenters. The summed E-state index contributed by atoms with van der Waals surface area (Å²) in [7, 11) is 3.90. The van der Waals surface area contributed by atoms with E-state index in [2.05, 4.69) is 32.7 Å². The monoisotopic (exact) mass is 746 g/mol. The lowest BCUT2D eigenvalue weighted by molar-refractivity contribution is 0.0512. The maximum atomic E-state index is 13.8. The van der Waals surface area contributed by atoms with Crippen molar-refractivity contribution in [2.75, 3.05) is 26.8 Å². The number of hydrogen-bond donors (Lipinski definition) is 1. The zero-order valence-electron chi connectivity index (χ0n) is 27.3. The largest absolute Gasteiger partial charge is 0.493 e. The molecule has 2 aromatic heterocycles. The van der Waals surface area contributed by atoms with Crippen molar-refractivity contribution in [2.45, 2.75) is 57.8 Å². The summed E-state index contributed by atoms with van der Waals surface area (Å²) in [6, 6.07) is 14.3. The van der Waals surface area contributed by atoms with E-state index in [1.807, 2.05) is 56.0 Å². The summed E-state index contributed by atoms with van der Waals surface area (Å²) in [4.78, 5) is 13.8. The summed E-state index contributed by atoms with van der Waals surface area (Å²) in [6.45, 7) is 6.13. The van der Waals surface area contributed by atoms with Crippen molar-refractivity contribution in [3.63, 3.8) is 0 Å². The van der Waals surface area contributed by atoms with Crippen molar-refractivity contribution in [3.8, 4) is 16.9 Å². The molecule has 11 heteroatoms. The summed E-state index contributed by atoms with van der Waals surface area (Å²) >= 11 is 10.8. The Hall–Kier alpha value is -3.11. The number of ether oxygens (including phenoxy) is 2. The van der Waals surface area contributed by atoms with Crippen LogP contribution in [0.25, 0.3) is 32.8 Å². The van der Waals surface area contributed by atoms with E-state index < -0.39 is 0 Å². The number of aromatic nitrogens is 3. The molecule has 47 heavy (non-hydrogen) atoms. The number of nitrogens with zero attached hydrogens (tertiary/aromatic N) is 3. The molecule has 0 aliphatic rings. The highest BCUT2D eigenvalue weighted by molar-refractivity contribution is 9.08. The number of benzene rings is 3. The van der Waals surface area contributed by atoms with Crippen LogP contribution in [0.3, 0.4) is 0 Å². The number of fused-ring (bicyclic) bond motifs is 2. The molecule has 252 valence electrons. The topological polar surface area (TPSA) is 70.3 Å². The number of hydrogen-bond acceptors (Lipinski definition) is 5. The van der Waals surface area contributed by atoms with Crippen LogP contribution in [0.2, 0.25) is 5.02 Å². The van der Waals surface area contributed by atoms with Crippen LogP contribution in [0, 0.1) is 5.82 Å². The first-order chi connectivity index (χ1) is 22.3. The highest BCUT2D eigenvalue weighted by Crippen LogP contribution is 2.43. The van der Waals surface area contributed by atoms with Gasteiger partial charge in [0.25, 0.3) is 0 Å².